The van der Waals surface area contributed by atoms with E-state index in [-0.39, 0.29) is 27.9 Å². The highest BCUT2D eigenvalue weighted by Crippen LogP contribution is 2.38. The van der Waals surface area contributed by atoms with Gasteiger partial charge in [-0.15, -0.1) is 0 Å². The molecule has 45 heavy (non-hydrogen) atoms. The highest BCUT2D eigenvalue weighted by Gasteiger charge is 2.39. The lowest BCUT2D eigenvalue weighted by Crippen LogP contribution is -2.41. The number of benzene rings is 1. The molecule has 5 rings (SSSR count). The molecule has 2 atom stereocenters. The predicted molar refractivity (Wildman–Crippen MR) is 172 cm³/mol. The Bertz CT molecular complexity index is 1750. The number of carbonyl (C=O) groups excluding carboxylic acids is 1. The van der Waals surface area contributed by atoms with Gasteiger partial charge in [-0.3, -0.25) is 4.79 Å². The Balaban J connectivity index is 1.35. The fraction of sp³-hybridized carbons (Fsp3) is 0.333. The van der Waals surface area contributed by atoms with Gasteiger partial charge in [0.1, 0.15) is 22.6 Å². The van der Waals surface area contributed by atoms with Gasteiger partial charge < -0.3 is 20.1 Å². The van der Waals surface area contributed by atoms with Crippen LogP contribution in [0.2, 0.25) is 0 Å². The zero-order valence-corrected chi connectivity index (χ0v) is 26.6. The fourth-order valence-electron chi connectivity index (χ4n) is 5.57. The molecule has 1 aromatic carbocycles. The Labute approximate surface area is 263 Å². The molecule has 0 bridgehead atoms. The van der Waals surface area contributed by atoms with Crippen LogP contribution in [0.5, 0.6) is 5.88 Å². The third-order valence-electron chi connectivity index (χ3n) is 7.58. The van der Waals surface area contributed by atoms with E-state index in [1.54, 1.807) is 24.4 Å². The lowest BCUT2D eigenvalue weighted by molar-refractivity contribution is 0.0473. The Morgan fingerprint density at radius 3 is 2.53 bits per heavy atom. The number of aromatic nitrogens is 3. The first-order chi connectivity index (χ1) is 21.4. The van der Waals surface area contributed by atoms with Crippen LogP contribution in [0, 0.1) is 5.92 Å². The fourth-order valence-corrected chi connectivity index (χ4v) is 6.62. The average Bonchev–Trinajstić information content (AvgIpc) is 3.29. The van der Waals surface area contributed by atoms with Crippen LogP contribution in [0.4, 0.5) is 11.6 Å². The largest absolute Gasteiger partial charge is 0.472 e. The maximum absolute atomic E-state index is 13.5. The molecule has 11 nitrogen and oxygen atoms in total. The molecule has 1 aliphatic heterocycles. The second-order valence-corrected chi connectivity index (χ2v) is 13.6. The SMILES string of the molecule is C[C@@H]1CN(c2nc(-c3ccc(O[C@@H](C)COCc4ccccc4)nc3)ccc2C(=O)NS(=O)(=O)c2cccnc2N)C(C)(C)C1. The number of ether oxygens (including phenoxy) is 2. The van der Waals surface area contributed by atoms with E-state index in [9.17, 15) is 13.2 Å². The molecule has 4 aromatic rings. The minimum atomic E-state index is -4.28. The molecule has 1 aliphatic rings. The Hall–Kier alpha value is -4.55. The van der Waals surface area contributed by atoms with E-state index in [2.05, 4.69) is 40.4 Å². The van der Waals surface area contributed by atoms with Crippen LogP contribution in [0.1, 0.15) is 50.0 Å². The summed E-state index contributed by atoms with van der Waals surface area (Å²) < 4.78 is 40.0. The molecular weight excluding hydrogens is 592 g/mol. The van der Waals surface area contributed by atoms with E-state index in [1.165, 1.54) is 18.3 Å². The minimum absolute atomic E-state index is 0.129. The number of pyridine rings is 3. The first-order valence-electron chi connectivity index (χ1n) is 14.7. The number of sulfonamides is 1. The van der Waals surface area contributed by atoms with Crippen molar-refractivity contribution in [2.75, 3.05) is 23.8 Å². The second kappa shape index (κ2) is 13.2. The molecule has 0 unspecified atom stereocenters. The molecular formula is C33H38N6O5S. The smallest absolute Gasteiger partial charge is 0.268 e. The van der Waals surface area contributed by atoms with Gasteiger partial charge in [0, 0.05) is 36.1 Å². The number of nitrogen functional groups attached to an aromatic ring is 1. The predicted octanol–water partition coefficient (Wildman–Crippen LogP) is 4.85. The Kier molecular flexibility index (Phi) is 9.35. The van der Waals surface area contributed by atoms with E-state index in [1.807, 2.05) is 43.3 Å². The molecule has 1 amide bonds. The monoisotopic (exact) mass is 630 g/mol. The van der Waals surface area contributed by atoms with Crippen LogP contribution in [0.15, 0.2) is 84.0 Å². The average molecular weight is 631 g/mol. The zero-order chi connectivity index (χ0) is 32.2. The van der Waals surface area contributed by atoms with Crippen molar-refractivity contribution in [3.05, 3.63) is 90.3 Å². The summed E-state index contributed by atoms with van der Waals surface area (Å²) in [5.74, 6) is 0.165. The van der Waals surface area contributed by atoms with Gasteiger partial charge in [-0.1, -0.05) is 37.3 Å². The van der Waals surface area contributed by atoms with E-state index in [4.69, 9.17) is 20.2 Å². The van der Waals surface area contributed by atoms with Crippen LogP contribution in [0.3, 0.4) is 0 Å². The third kappa shape index (κ3) is 7.58. The van der Waals surface area contributed by atoms with Gasteiger partial charge >= 0.3 is 0 Å². The number of rotatable bonds is 11. The van der Waals surface area contributed by atoms with Gasteiger partial charge in [0.25, 0.3) is 15.9 Å². The van der Waals surface area contributed by atoms with Crippen LogP contribution in [-0.2, 0) is 21.4 Å². The van der Waals surface area contributed by atoms with Crippen molar-refractivity contribution < 1.29 is 22.7 Å². The van der Waals surface area contributed by atoms with Gasteiger partial charge in [0.2, 0.25) is 5.88 Å². The number of carbonyl (C=O) groups is 1. The van der Waals surface area contributed by atoms with Crippen molar-refractivity contribution in [3.8, 4) is 17.1 Å². The van der Waals surface area contributed by atoms with Gasteiger partial charge in [-0.2, -0.15) is 0 Å². The van der Waals surface area contributed by atoms with Crippen molar-refractivity contribution in [2.24, 2.45) is 5.92 Å². The van der Waals surface area contributed by atoms with Crippen LogP contribution in [-0.4, -0.2) is 54.1 Å². The number of hydrogen-bond donors (Lipinski definition) is 2. The van der Waals surface area contributed by atoms with Crippen molar-refractivity contribution in [1.29, 1.82) is 0 Å². The molecule has 0 aliphatic carbocycles. The standard InChI is InChI=1S/C33H38N6O5S/c1-22-17-33(3,4)39(19-22)31-26(32(40)38-45(41,42)28-11-8-16-35-30(28)34)13-14-27(37-31)25-12-15-29(36-18-25)44-23(2)20-43-21-24-9-6-5-7-10-24/h5-16,18,22-23H,17,19-21H2,1-4H3,(H2,34,35)(H,38,40)/t22-,23-/m0/s1. The summed E-state index contributed by atoms with van der Waals surface area (Å²) >= 11 is 0. The molecule has 236 valence electrons. The zero-order valence-electron chi connectivity index (χ0n) is 25.8. The van der Waals surface area contributed by atoms with Crippen molar-refractivity contribution >= 4 is 27.6 Å². The van der Waals surface area contributed by atoms with Crippen molar-refractivity contribution in [1.82, 2.24) is 19.7 Å². The molecule has 0 saturated carbocycles. The molecule has 3 aromatic heterocycles. The van der Waals surface area contributed by atoms with Crippen molar-refractivity contribution in [3.63, 3.8) is 0 Å². The third-order valence-corrected chi connectivity index (χ3v) is 8.96. The molecule has 1 saturated heterocycles. The summed E-state index contributed by atoms with van der Waals surface area (Å²) in [6, 6.07) is 19.5. The van der Waals surface area contributed by atoms with Crippen LogP contribution < -0.4 is 20.1 Å². The van der Waals surface area contributed by atoms with Gasteiger partial charge in [-0.25, -0.2) is 28.1 Å². The number of nitrogens with zero attached hydrogens (tertiary/aromatic N) is 4. The molecule has 1 fully saturated rings. The maximum atomic E-state index is 13.5. The summed E-state index contributed by atoms with van der Waals surface area (Å²) in [7, 11) is -4.28. The number of amides is 1. The highest BCUT2D eigenvalue weighted by molar-refractivity contribution is 7.90. The first-order valence-corrected chi connectivity index (χ1v) is 16.2. The van der Waals surface area contributed by atoms with Gasteiger partial charge in [0.05, 0.1) is 24.5 Å². The molecule has 0 radical (unpaired) electrons. The lowest BCUT2D eigenvalue weighted by Gasteiger charge is -2.34. The van der Waals surface area contributed by atoms with E-state index in [0.717, 1.165) is 12.0 Å². The van der Waals surface area contributed by atoms with Gasteiger partial charge in [-0.05, 0) is 69.0 Å². The quantitative estimate of drug-likeness (QED) is 0.236. The number of anilines is 2. The van der Waals surface area contributed by atoms with Crippen LogP contribution in [0.25, 0.3) is 11.3 Å². The molecule has 4 heterocycles. The van der Waals surface area contributed by atoms with Crippen LogP contribution >= 0.6 is 0 Å². The second-order valence-electron chi connectivity index (χ2n) is 11.9. The number of hydrogen-bond acceptors (Lipinski definition) is 10. The number of nitrogens with two attached hydrogens (primary N) is 1. The summed E-state index contributed by atoms with van der Waals surface area (Å²) in [4.78, 5) is 28.5. The number of nitrogens with one attached hydrogen (secondary N) is 1. The maximum Gasteiger partial charge on any atom is 0.268 e. The Morgan fingerprint density at radius 2 is 1.87 bits per heavy atom. The lowest BCUT2D eigenvalue weighted by atomic mass is 9.97. The highest BCUT2D eigenvalue weighted by atomic mass is 32.2. The first kappa shape index (κ1) is 31.9. The summed E-state index contributed by atoms with van der Waals surface area (Å²) in [6.45, 7) is 9.77. The van der Waals surface area contributed by atoms with Crippen molar-refractivity contribution in [2.45, 2.75) is 57.3 Å². The summed E-state index contributed by atoms with van der Waals surface area (Å²) in [5.41, 5.74) is 7.98. The molecule has 3 N–H and O–H groups in total. The molecule has 12 heteroatoms. The van der Waals surface area contributed by atoms with Gasteiger partial charge in [0.15, 0.2) is 0 Å². The minimum Gasteiger partial charge on any atom is -0.472 e. The van der Waals surface area contributed by atoms with E-state index in [0.29, 0.717) is 48.6 Å². The Morgan fingerprint density at radius 1 is 1.09 bits per heavy atom. The van der Waals surface area contributed by atoms with E-state index >= 15 is 0 Å². The summed E-state index contributed by atoms with van der Waals surface area (Å²) in [5, 5.41) is 0. The van der Waals surface area contributed by atoms with E-state index < -0.39 is 15.9 Å². The topological polar surface area (TPSA) is 150 Å². The summed E-state index contributed by atoms with van der Waals surface area (Å²) in [6.07, 6.45) is 3.70. The normalized spacial score (nSPS) is 16.7. The molecule has 0 spiro atoms.